The van der Waals surface area contributed by atoms with Crippen molar-refractivity contribution >= 4 is 10.9 Å². The van der Waals surface area contributed by atoms with E-state index >= 15 is 0 Å². The third kappa shape index (κ3) is 2.65. The molecule has 0 N–H and O–H groups in total. The highest BCUT2D eigenvalue weighted by Gasteiger charge is 2.07. The fourth-order valence-electron chi connectivity index (χ4n) is 1.59. The fraction of sp³-hybridized carbons (Fsp3) is 0.308. The summed E-state index contributed by atoms with van der Waals surface area (Å²) in [6.07, 6.45) is 1.76. The molecule has 2 rings (SSSR count). The lowest BCUT2D eigenvalue weighted by Gasteiger charge is -2.11. The molecule has 1 aromatic heterocycles. The second kappa shape index (κ2) is 5.50. The van der Waals surface area contributed by atoms with Crippen molar-refractivity contribution in [3.05, 3.63) is 30.5 Å². The van der Waals surface area contributed by atoms with Crippen LogP contribution in [0, 0.1) is 0 Å². The van der Waals surface area contributed by atoms with Crippen molar-refractivity contribution < 1.29 is 14.2 Å². The molecule has 4 nitrogen and oxygen atoms in total. The van der Waals surface area contributed by atoms with Crippen LogP contribution in [0.25, 0.3) is 10.9 Å². The largest absolute Gasteiger partial charge is 0.493 e. The number of benzene rings is 1. The normalized spacial score (nSPS) is 10.5. The van der Waals surface area contributed by atoms with E-state index in [0.717, 1.165) is 10.9 Å². The summed E-state index contributed by atoms with van der Waals surface area (Å²) < 4.78 is 15.8. The maximum atomic E-state index is 5.59. The number of aromatic nitrogens is 1. The number of methoxy groups -OCH3 is 2. The molecule has 0 amide bonds. The van der Waals surface area contributed by atoms with Crippen LogP contribution >= 0.6 is 0 Å². The van der Waals surface area contributed by atoms with E-state index in [-0.39, 0.29) is 0 Å². The molecule has 0 spiro atoms. The molecule has 17 heavy (non-hydrogen) atoms. The smallest absolute Gasteiger partial charge is 0.163 e. The van der Waals surface area contributed by atoms with Crippen molar-refractivity contribution in [2.75, 3.05) is 27.4 Å². The second-order valence-corrected chi connectivity index (χ2v) is 3.54. The Morgan fingerprint density at radius 3 is 2.76 bits per heavy atom. The van der Waals surface area contributed by atoms with Crippen LogP contribution in [0.3, 0.4) is 0 Å². The van der Waals surface area contributed by atoms with Crippen LogP contribution in [0.2, 0.25) is 0 Å². The lowest BCUT2D eigenvalue weighted by molar-refractivity contribution is 0.144. The van der Waals surface area contributed by atoms with Gasteiger partial charge in [-0.3, -0.25) is 4.98 Å². The maximum absolute atomic E-state index is 5.59. The number of hydrogen-bond donors (Lipinski definition) is 0. The number of fused-ring (bicyclic) bond motifs is 1. The molecule has 0 fully saturated rings. The molecule has 0 aliphatic carbocycles. The average molecular weight is 233 g/mol. The summed E-state index contributed by atoms with van der Waals surface area (Å²) in [7, 11) is 3.27. The Morgan fingerprint density at radius 2 is 2.00 bits per heavy atom. The molecule has 0 atom stereocenters. The topological polar surface area (TPSA) is 40.6 Å². The summed E-state index contributed by atoms with van der Waals surface area (Å²) in [6.45, 7) is 1.04. The van der Waals surface area contributed by atoms with Gasteiger partial charge >= 0.3 is 0 Å². The first-order chi connectivity index (χ1) is 8.35. The summed E-state index contributed by atoms with van der Waals surface area (Å²) in [5, 5.41) is 1.03. The molecule has 0 aliphatic heterocycles. The van der Waals surface area contributed by atoms with Crippen LogP contribution in [-0.4, -0.2) is 32.4 Å². The summed E-state index contributed by atoms with van der Waals surface area (Å²) >= 11 is 0. The lowest BCUT2D eigenvalue weighted by Crippen LogP contribution is -2.05. The maximum Gasteiger partial charge on any atom is 0.163 e. The third-order valence-corrected chi connectivity index (χ3v) is 2.43. The van der Waals surface area contributed by atoms with E-state index in [0.29, 0.717) is 24.7 Å². The Morgan fingerprint density at radius 1 is 1.12 bits per heavy atom. The van der Waals surface area contributed by atoms with E-state index in [1.54, 1.807) is 20.4 Å². The van der Waals surface area contributed by atoms with Crippen LogP contribution in [0.4, 0.5) is 0 Å². The standard InChI is InChI=1S/C13H15NO3/c1-15-6-7-17-13-9-11-10(4-3-5-14-11)8-12(13)16-2/h3-5,8-9H,6-7H2,1-2H3. The summed E-state index contributed by atoms with van der Waals surface area (Å²) in [5.74, 6) is 1.40. The highest BCUT2D eigenvalue weighted by molar-refractivity contribution is 5.82. The third-order valence-electron chi connectivity index (χ3n) is 2.43. The van der Waals surface area contributed by atoms with E-state index < -0.39 is 0 Å². The van der Waals surface area contributed by atoms with Gasteiger partial charge in [0, 0.05) is 24.8 Å². The summed E-state index contributed by atoms with van der Waals surface area (Å²) in [4.78, 5) is 4.28. The number of ether oxygens (including phenoxy) is 3. The lowest BCUT2D eigenvalue weighted by atomic mass is 10.2. The predicted molar refractivity (Wildman–Crippen MR) is 65.7 cm³/mol. The van der Waals surface area contributed by atoms with Gasteiger partial charge in [0.2, 0.25) is 0 Å². The van der Waals surface area contributed by atoms with Gasteiger partial charge in [0.25, 0.3) is 0 Å². The van der Waals surface area contributed by atoms with Gasteiger partial charge in [0.05, 0.1) is 19.2 Å². The molecule has 0 unspecified atom stereocenters. The first-order valence-corrected chi connectivity index (χ1v) is 5.39. The van der Waals surface area contributed by atoms with Crippen LogP contribution < -0.4 is 9.47 Å². The summed E-state index contributed by atoms with van der Waals surface area (Å²) in [5.41, 5.74) is 0.890. The van der Waals surface area contributed by atoms with E-state index in [1.165, 1.54) is 0 Å². The molecule has 0 saturated carbocycles. The van der Waals surface area contributed by atoms with Crippen molar-refractivity contribution in [3.8, 4) is 11.5 Å². The van der Waals surface area contributed by atoms with Gasteiger partial charge in [-0.15, -0.1) is 0 Å². The van der Waals surface area contributed by atoms with Crippen LogP contribution in [0.15, 0.2) is 30.5 Å². The van der Waals surface area contributed by atoms with Gasteiger partial charge in [0.15, 0.2) is 11.5 Å². The molecule has 90 valence electrons. The minimum absolute atomic E-state index is 0.491. The Balaban J connectivity index is 2.32. The SMILES string of the molecule is COCCOc1cc2ncccc2cc1OC. The number of pyridine rings is 1. The van der Waals surface area contributed by atoms with E-state index in [1.807, 2.05) is 24.3 Å². The minimum Gasteiger partial charge on any atom is -0.493 e. The molecule has 2 aromatic rings. The Labute approximate surface area is 100 Å². The van der Waals surface area contributed by atoms with Gasteiger partial charge in [-0.05, 0) is 12.1 Å². The van der Waals surface area contributed by atoms with E-state index in [4.69, 9.17) is 14.2 Å². The molecule has 4 heteroatoms. The van der Waals surface area contributed by atoms with Crippen molar-refractivity contribution in [1.29, 1.82) is 0 Å². The zero-order valence-electron chi connectivity index (χ0n) is 9.97. The molecule has 1 aromatic carbocycles. The molecule has 0 radical (unpaired) electrons. The molecule has 1 heterocycles. The summed E-state index contributed by atoms with van der Waals surface area (Å²) in [6, 6.07) is 7.69. The van der Waals surface area contributed by atoms with Crippen LogP contribution in [-0.2, 0) is 4.74 Å². The molecular formula is C13H15NO3. The highest BCUT2D eigenvalue weighted by Crippen LogP contribution is 2.31. The Kier molecular flexibility index (Phi) is 3.77. The van der Waals surface area contributed by atoms with Crippen molar-refractivity contribution in [3.63, 3.8) is 0 Å². The average Bonchev–Trinajstić information content (AvgIpc) is 2.38. The number of rotatable bonds is 5. The van der Waals surface area contributed by atoms with Crippen molar-refractivity contribution in [2.45, 2.75) is 0 Å². The minimum atomic E-state index is 0.491. The van der Waals surface area contributed by atoms with Gasteiger partial charge < -0.3 is 14.2 Å². The Bertz CT molecular complexity index is 499. The molecule has 0 bridgehead atoms. The number of nitrogens with zero attached hydrogens (tertiary/aromatic N) is 1. The van der Waals surface area contributed by atoms with Gasteiger partial charge in [-0.25, -0.2) is 0 Å². The zero-order chi connectivity index (χ0) is 12.1. The first kappa shape index (κ1) is 11.7. The fourth-order valence-corrected chi connectivity index (χ4v) is 1.59. The van der Waals surface area contributed by atoms with Gasteiger partial charge in [-0.2, -0.15) is 0 Å². The van der Waals surface area contributed by atoms with Crippen molar-refractivity contribution in [1.82, 2.24) is 4.98 Å². The first-order valence-electron chi connectivity index (χ1n) is 5.39. The Hall–Kier alpha value is -1.81. The van der Waals surface area contributed by atoms with Crippen LogP contribution in [0.5, 0.6) is 11.5 Å². The molecule has 0 saturated heterocycles. The van der Waals surface area contributed by atoms with Crippen LogP contribution in [0.1, 0.15) is 0 Å². The molecular weight excluding hydrogens is 218 g/mol. The monoisotopic (exact) mass is 233 g/mol. The second-order valence-electron chi connectivity index (χ2n) is 3.54. The number of hydrogen-bond acceptors (Lipinski definition) is 4. The zero-order valence-corrected chi connectivity index (χ0v) is 9.97. The van der Waals surface area contributed by atoms with E-state index in [2.05, 4.69) is 4.98 Å². The van der Waals surface area contributed by atoms with Gasteiger partial charge in [-0.1, -0.05) is 6.07 Å². The molecule has 0 aliphatic rings. The van der Waals surface area contributed by atoms with Crippen molar-refractivity contribution in [2.24, 2.45) is 0 Å². The quantitative estimate of drug-likeness (QED) is 0.743. The highest BCUT2D eigenvalue weighted by atomic mass is 16.5. The van der Waals surface area contributed by atoms with Gasteiger partial charge in [0.1, 0.15) is 6.61 Å². The van der Waals surface area contributed by atoms with E-state index in [9.17, 15) is 0 Å². The predicted octanol–water partition coefficient (Wildman–Crippen LogP) is 2.27.